The molecule has 4 heteroatoms. The molecule has 0 aliphatic rings. The molecule has 0 aromatic heterocycles. The van der Waals surface area contributed by atoms with Crippen LogP contribution in [0.15, 0.2) is 0 Å². The number of hydrogen-bond acceptors (Lipinski definition) is 4. The predicted molar refractivity (Wildman–Crippen MR) is 98.7 cm³/mol. The summed E-state index contributed by atoms with van der Waals surface area (Å²) in [7, 11) is 0. The zero-order chi connectivity index (χ0) is 17.3. The van der Waals surface area contributed by atoms with E-state index in [4.69, 9.17) is 0 Å². The molecule has 0 saturated heterocycles. The maximum Gasteiger partial charge on any atom is 0.0596 e. The van der Waals surface area contributed by atoms with Crippen molar-refractivity contribution in [1.82, 2.24) is 20.9 Å². The lowest BCUT2D eigenvalue weighted by Crippen LogP contribution is -2.61. The molecule has 0 fully saturated rings. The van der Waals surface area contributed by atoms with Crippen molar-refractivity contribution in [3.63, 3.8) is 0 Å². The summed E-state index contributed by atoms with van der Waals surface area (Å²) in [5.41, 5.74) is 0. The largest absolute Gasteiger partial charge is 0.302 e. The van der Waals surface area contributed by atoms with Crippen molar-refractivity contribution in [2.24, 2.45) is 17.8 Å². The zero-order valence-electron chi connectivity index (χ0n) is 16.5. The van der Waals surface area contributed by atoms with Gasteiger partial charge in [0, 0.05) is 0 Å². The Kier molecular flexibility index (Phi) is 11.3. The van der Waals surface area contributed by atoms with Crippen LogP contribution in [0.3, 0.4) is 0 Å². The molecule has 0 amide bonds. The van der Waals surface area contributed by atoms with Gasteiger partial charge in [0.1, 0.15) is 0 Å². The fourth-order valence-corrected chi connectivity index (χ4v) is 2.54. The van der Waals surface area contributed by atoms with Gasteiger partial charge in [-0.3, -0.25) is 4.90 Å². The van der Waals surface area contributed by atoms with E-state index in [1.165, 1.54) is 0 Å². The van der Waals surface area contributed by atoms with Crippen molar-refractivity contribution in [2.45, 2.75) is 80.8 Å². The van der Waals surface area contributed by atoms with Crippen LogP contribution in [0.1, 0.15) is 62.3 Å². The van der Waals surface area contributed by atoms with E-state index < -0.39 is 0 Å². The van der Waals surface area contributed by atoms with Crippen molar-refractivity contribution >= 4 is 0 Å². The first kappa shape index (κ1) is 21.8. The number of nitrogens with one attached hydrogen (secondary N) is 3. The van der Waals surface area contributed by atoms with Crippen LogP contribution >= 0.6 is 0 Å². The molecule has 134 valence electrons. The molecule has 4 nitrogen and oxygen atoms in total. The Balaban J connectivity index is 4.71. The van der Waals surface area contributed by atoms with Crippen LogP contribution in [-0.2, 0) is 0 Å². The van der Waals surface area contributed by atoms with E-state index in [2.05, 4.69) is 83.2 Å². The van der Waals surface area contributed by atoms with Gasteiger partial charge in [-0.2, -0.15) is 0 Å². The number of hydrogen-bond donors (Lipinski definition) is 3. The second-order valence-electron chi connectivity index (χ2n) is 7.88. The Labute approximate surface area is 139 Å². The van der Waals surface area contributed by atoms with Gasteiger partial charge in [-0.1, -0.05) is 41.5 Å². The highest BCUT2D eigenvalue weighted by molar-refractivity contribution is 4.77. The highest BCUT2D eigenvalue weighted by Gasteiger charge is 2.25. The first-order chi connectivity index (χ1) is 10.1. The van der Waals surface area contributed by atoms with Crippen molar-refractivity contribution in [3.05, 3.63) is 0 Å². The molecule has 0 aromatic carbocycles. The van der Waals surface area contributed by atoms with Gasteiger partial charge < -0.3 is 16.0 Å². The first-order valence-corrected chi connectivity index (χ1v) is 9.12. The minimum Gasteiger partial charge on any atom is -0.302 e. The van der Waals surface area contributed by atoms with Crippen LogP contribution in [0.2, 0.25) is 0 Å². The summed E-state index contributed by atoms with van der Waals surface area (Å²) in [6, 6.07) is 0. The molecule has 3 atom stereocenters. The molecular weight excluding hydrogens is 272 g/mol. The van der Waals surface area contributed by atoms with Gasteiger partial charge in [-0.25, -0.2) is 0 Å². The van der Waals surface area contributed by atoms with Crippen molar-refractivity contribution in [2.75, 3.05) is 19.6 Å². The third-order valence-corrected chi connectivity index (χ3v) is 3.81. The van der Waals surface area contributed by atoms with Gasteiger partial charge in [0.25, 0.3) is 0 Å². The topological polar surface area (TPSA) is 39.3 Å². The molecule has 0 aromatic rings. The molecule has 3 unspecified atom stereocenters. The molecule has 0 aliphatic heterocycles. The highest BCUT2D eigenvalue weighted by atomic mass is 15.4. The average Bonchev–Trinajstić information content (AvgIpc) is 2.40. The van der Waals surface area contributed by atoms with E-state index in [1.54, 1.807) is 0 Å². The lowest BCUT2D eigenvalue weighted by Gasteiger charge is -2.41. The van der Waals surface area contributed by atoms with Crippen molar-refractivity contribution in [1.29, 1.82) is 0 Å². The van der Waals surface area contributed by atoms with Crippen LogP contribution in [0.25, 0.3) is 0 Å². The second-order valence-corrected chi connectivity index (χ2v) is 7.88. The quantitative estimate of drug-likeness (QED) is 0.484. The zero-order valence-corrected chi connectivity index (χ0v) is 16.5. The van der Waals surface area contributed by atoms with E-state index in [9.17, 15) is 0 Å². The second kappa shape index (κ2) is 11.4. The molecule has 22 heavy (non-hydrogen) atoms. The van der Waals surface area contributed by atoms with Gasteiger partial charge in [0.15, 0.2) is 0 Å². The SMILES string of the molecule is CC(C)CNC(C)N(C(C)NCC(C)C)C(C)NCC(C)C. The number of nitrogens with zero attached hydrogens (tertiary/aromatic N) is 1. The number of rotatable bonds is 12. The van der Waals surface area contributed by atoms with E-state index in [1.807, 2.05) is 0 Å². The van der Waals surface area contributed by atoms with Gasteiger partial charge in [-0.05, 0) is 58.2 Å². The third kappa shape index (κ3) is 9.78. The van der Waals surface area contributed by atoms with Crippen molar-refractivity contribution < 1.29 is 0 Å². The molecule has 0 radical (unpaired) electrons. The van der Waals surface area contributed by atoms with Gasteiger partial charge >= 0.3 is 0 Å². The summed E-state index contributed by atoms with van der Waals surface area (Å²) in [6.07, 6.45) is 1.02. The van der Waals surface area contributed by atoms with Crippen molar-refractivity contribution in [3.8, 4) is 0 Å². The monoisotopic (exact) mass is 314 g/mol. The normalized spacial score (nSPS) is 16.8. The molecule has 0 aliphatic carbocycles. The van der Waals surface area contributed by atoms with E-state index in [-0.39, 0.29) is 0 Å². The van der Waals surface area contributed by atoms with Gasteiger partial charge in [0.05, 0.1) is 18.5 Å². The lowest BCUT2D eigenvalue weighted by molar-refractivity contribution is 0.0461. The fraction of sp³-hybridized carbons (Fsp3) is 1.00. The Morgan fingerprint density at radius 3 is 0.909 bits per heavy atom. The Hall–Kier alpha value is -0.160. The Morgan fingerprint density at radius 2 is 0.727 bits per heavy atom. The smallest absolute Gasteiger partial charge is 0.0596 e. The molecule has 0 bridgehead atoms. The first-order valence-electron chi connectivity index (χ1n) is 9.12. The molecule has 3 N–H and O–H groups in total. The Bertz CT molecular complexity index is 223. The summed E-state index contributed by atoms with van der Waals surface area (Å²) in [5, 5.41) is 11.0. The maximum absolute atomic E-state index is 3.67. The Morgan fingerprint density at radius 1 is 0.500 bits per heavy atom. The minimum absolute atomic E-state index is 0.340. The standard InChI is InChI=1S/C18H42N4/c1-13(2)10-19-16(7)22(17(8)20-11-14(3)4)18(9)21-12-15(5)6/h13-21H,10-12H2,1-9H3. The molecular formula is C18H42N4. The molecule has 0 spiro atoms. The van der Waals surface area contributed by atoms with E-state index >= 15 is 0 Å². The van der Waals surface area contributed by atoms with E-state index in [0.717, 1.165) is 19.6 Å². The van der Waals surface area contributed by atoms with Crippen LogP contribution < -0.4 is 16.0 Å². The summed E-state index contributed by atoms with van der Waals surface area (Å²) in [6.45, 7) is 23.5. The molecule has 0 saturated carbocycles. The van der Waals surface area contributed by atoms with Crippen LogP contribution in [0, 0.1) is 17.8 Å². The fourth-order valence-electron chi connectivity index (χ4n) is 2.54. The average molecular weight is 315 g/mol. The third-order valence-electron chi connectivity index (χ3n) is 3.81. The molecule has 0 rings (SSSR count). The van der Waals surface area contributed by atoms with Gasteiger partial charge in [0.2, 0.25) is 0 Å². The maximum atomic E-state index is 3.67. The summed E-state index contributed by atoms with van der Waals surface area (Å²) < 4.78 is 0. The van der Waals surface area contributed by atoms with Gasteiger partial charge in [-0.15, -0.1) is 0 Å². The minimum atomic E-state index is 0.340. The lowest BCUT2D eigenvalue weighted by atomic mass is 10.2. The predicted octanol–water partition coefficient (Wildman–Crippen LogP) is 3.06. The highest BCUT2D eigenvalue weighted by Crippen LogP contribution is 2.08. The summed E-state index contributed by atoms with van der Waals surface area (Å²) in [4.78, 5) is 2.51. The van der Waals surface area contributed by atoms with Crippen LogP contribution in [0.4, 0.5) is 0 Å². The summed E-state index contributed by atoms with van der Waals surface area (Å²) >= 11 is 0. The van der Waals surface area contributed by atoms with Crippen LogP contribution in [0.5, 0.6) is 0 Å². The van der Waals surface area contributed by atoms with E-state index in [0.29, 0.717) is 36.3 Å². The summed E-state index contributed by atoms with van der Waals surface area (Å²) in [5.74, 6) is 2.01. The van der Waals surface area contributed by atoms with Crippen LogP contribution in [-0.4, -0.2) is 43.0 Å². The molecule has 0 heterocycles.